The van der Waals surface area contributed by atoms with Crippen LogP contribution in [0.3, 0.4) is 0 Å². The van der Waals surface area contributed by atoms with Gasteiger partial charge in [0, 0.05) is 13.3 Å². The fourth-order valence-corrected chi connectivity index (χ4v) is 0.980. The molecule has 13 heavy (non-hydrogen) atoms. The van der Waals surface area contributed by atoms with Gasteiger partial charge in [-0.25, -0.2) is 0 Å². The number of ether oxygens (including phenoxy) is 1. The summed E-state index contributed by atoms with van der Waals surface area (Å²) >= 11 is 0. The number of rotatable bonds is 6. The third kappa shape index (κ3) is 7.32. The van der Waals surface area contributed by atoms with Crippen LogP contribution in [0.4, 0.5) is 0 Å². The van der Waals surface area contributed by atoms with Gasteiger partial charge >= 0.3 is 5.97 Å². The van der Waals surface area contributed by atoms with Gasteiger partial charge in [-0.15, -0.1) is 6.58 Å². The molecule has 0 saturated carbocycles. The van der Waals surface area contributed by atoms with Crippen molar-refractivity contribution in [2.45, 2.75) is 26.7 Å². The van der Waals surface area contributed by atoms with Crippen LogP contribution in [-0.2, 0) is 9.53 Å². The molecule has 0 aliphatic heterocycles. The summed E-state index contributed by atoms with van der Waals surface area (Å²) in [7, 11) is 0. The van der Waals surface area contributed by atoms with Gasteiger partial charge in [-0.1, -0.05) is 25.2 Å². The van der Waals surface area contributed by atoms with Crippen molar-refractivity contribution >= 4 is 5.97 Å². The first kappa shape index (κ1) is 11.9. The van der Waals surface area contributed by atoms with Gasteiger partial charge in [0.05, 0.1) is 6.61 Å². The minimum atomic E-state index is -0.232. The van der Waals surface area contributed by atoms with E-state index in [4.69, 9.17) is 4.74 Å². The molecule has 2 heteroatoms. The van der Waals surface area contributed by atoms with Crippen molar-refractivity contribution in [3.63, 3.8) is 0 Å². The SMILES string of the molecule is C=CC(C)CC(=C)CCOC(C)=O. The third-order valence-corrected chi connectivity index (χ3v) is 1.77. The molecule has 0 rings (SSSR count). The number of allylic oxidation sites excluding steroid dienone is 1. The van der Waals surface area contributed by atoms with Crippen molar-refractivity contribution in [3.8, 4) is 0 Å². The largest absolute Gasteiger partial charge is 0.466 e. The molecule has 0 aromatic rings. The van der Waals surface area contributed by atoms with Crippen molar-refractivity contribution in [1.82, 2.24) is 0 Å². The first-order chi connectivity index (χ1) is 6.06. The second-order valence-corrected chi connectivity index (χ2v) is 3.26. The van der Waals surface area contributed by atoms with Gasteiger partial charge in [0.1, 0.15) is 0 Å². The van der Waals surface area contributed by atoms with Gasteiger partial charge < -0.3 is 4.74 Å². The summed E-state index contributed by atoms with van der Waals surface area (Å²) in [6.07, 6.45) is 3.57. The average molecular weight is 182 g/mol. The van der Waals surface area contributed by atoms with E-state index >= 15 is 0 Å². The van der Waals surface area contributed by atoms with Crippen LogP contribution in [0.2, 0.25) is 0 Å². The zero-order chi connectivity index (χ0) is 10.3. The number of carbonyl (C=O) groups excluding carboxylic acids is 1. The molecule has 0 bridgehead atoms. The Morgan fingerprint density at radius 2 is 2.23 bits per heavy atom. The average Bonchev–Trinajstić information content (AvgIpc) is 2.03. The molecule has 1 atom stereocenters. The lowest BCUT2D eigenvalue weighted by atomic mass is 10.0. The first-order valence-corrected chi connectivity index (χ1v) is 4.48. The van der Waals surface area contributed by atoms with Crippen LogP contribution in [-0.4, -0.2) is 12.6 Å². The summed E-state index contributed by atoms with van der Waals surface area (Å²) in [4.78, 5) is 10.4. The lowest BCUT2D eigenvalue weighted by Crippen LogP contribution is -2.02. The van der Waals surface area contributed by atoms with E-state index in [1.165, 1.54) is 6.92 Å². The number of hydrogen-bond acceptors (Lipinski definition) is 2. The van der Waals surface area contributed by atoms with E-state index in [9.17, 15) is 4.79 Å². The number of carbonyl (C=O) groups is 1. The van der Waals surface area contributed by atoms with E-state index in [2.05, 4.69) is 20.1 Å². The molecule has 0 fully saturated rings. The Morgan fingerprint density at radius 1 is 1.62 bits per heavy atom. The molecule has 0 heterocycles. The zero-order valence-corrected chi connectivity index (χ0v) is 8.51. The third-order valence-electron chi connectivity index (χ3n) is 1.77. The summed E-state index contributed by atoms with van der Waals surface area (Å²) in [5.74, 6) is 0.217. The Kier molecular flexibility index (Phi) is 5.94. The highest BCUT2D eigenvalue weighted by Crippen LogP contribution is 2.13. The van der Waals surface area contributed by atoms with Crippen LogP contribution in [0.15, 0.2) is 24.8 Å². The van der Waals surface area contributed by atoms with Crippen molar-refractivity contribution < 1.29 is 9.53 Å². The predicted molar refractivity (Wildman–Crippen MR) is 54.4 cm³/mol. The summed E-state index contributed by atoms with van der Waals surface area (Å²) in [6, 6.07) is 0. The lowest BCUT2D eigenvalue weighted by Gasteiger charge is -2.08. The molecule has 0 aromatic carbocycles. The molecule has 0 saturated heterocycles. The van der Waals surface area contributed by atoms with Crippen molar-refractivity contribution in [2.75, 3.05) is 6.61 Å². The lowest BCUT2D eigenvalue weighted by molar-refractivity contribution is -0.140. The van der Waals surface area contributed by atoms with E-state index in [0.717, 1.165) is 18.4 Å². The molecule has 0 aromatic heterocycles. The highest BCUT2D eigenvalue weighted by atomic mass is 16.5. The molecular weight excluding hydrogens is 164 g/mol. The van der Waals surface area contributed by atoms with Gasteiger partial charge in [-0.3, -0.25) is 4.79 Å². The Bertz CT molecular complexity index is 194. The van der Waals surface area contributed by atoms with E-state index < -0.39 is 0 Å². The number of hydrogen-bond donors (Lipinski definition) is 0. The van der Waals surface area contributed by atoms with Crippen LogP contribution in [0.25, 0.3) is 0 Å². The van der Waals surface area contributed by atoms with E-state index in [1.54, 1.807) is 0 Å². The second-order valence-electron chi connectivity index (χ2n) is 3.26. The van der Waals surface area contributed by atoms with Crippen molar-refractivity contribution in [3.05, 3.63) is 24.8 Å². The molecule has 0 amide bonds. The highest BCUT2D eigenvalue weighted by molar-refractivity contribution is 5.65. The maximum atomic E-state index is 10.4. The van der Waals surface area contributed by atoms with Gasteiger partial charge in [-0.05, 0) is 12.3 Å². The maximum absolute atomic E-state index is 10.4. The summed E-state index contributed by atoms with van der Waals surface area (Å²) < 4.78 is 4.80. The topological polar surface area (TPSA) is 26.3 Å². The standard InChI is InChI=1S/C11H18O2/c1-5-9(2)8-10(3)6-7-13-11(4)12/h5,9H,1,3,6-8H2,2,4H3. The molecule has 0 aliphatic carbocycles. The monoisotopic (exact) mass is 182 g/mol. The van der Waals surface area contributed by atoms with E-state index in [-0.39, 0.29) is 5.97 Å². The zero-order valence-electron chi connectivity index (χ0n) is 8.51. The summed E-state index contributed by atoms with van der Waals surface area (Å²) in [5, 5.41) is 0. The summed E-state index contributed by atoms with van der Waals surface area (Å²) in [5.41, 5.74) is 1.11. The summed E-state index contributed by atoms with van der Waals surface area (Å²) in [6.45, 7) is 11.5. The van der Waals surface area contributed by atoms with Crippen molar-refractivity contribution in [1.29, 1.82) is 0 Å². The Labute approximate surface area is 80.3 Å². The first-order valence-electron chi connectivity index (χ1n) is 4.48. The minimum absolute atomic E-state index is 0.232. The molecule has 0 N–H and O–H groups in total. The Morgan fingerprint density at radius 3 is 2.69 bits per heavy atom. The second kappa shape index (κ2) is 6.46. The fourth-order valence-electron chi connectivity index (χ4n) is 0.980. The quantitative estimate of drug-likeness (QED) is 0.466. The molecule has 74 valence electrons. The van der Waals surface area contributed by atoms with Crippen molar-refractivity contribution in [2.24, 2.45) is 5.92 Å². The minimum Gasteiger partial charge on any atom is -0.466 e. The Balaban J connectivity index is 3.51. The van der Waals surface area contributed by atoms with Gasteiger partial charge in [0.2, 0.25) is 0 Å². The molecule has 2 nitrogen and oxygen atoms in total. The van der Waals surface area contributed by atoms with Gasteiger partial charge in [0.15, 0.2) is 0 Å². The van der Waals surface area contributed by atoms with Crippen LogP contribution >= 0.6 is 0 Å². The Hall–Kier alpha value is -1.05. The molecule has 1 unspecified atom stereocenters. The van der Waals surface area contributed by atoms with Gasteiger partial charge in [-0.2, -0.15) is 0 Å². The van der Waals surface area contributed by atoms with E-state index in [1.807, 2.05) is 6.08 Å². The highest BCUT2D eigenvalue weighted by Gasteiger charge is 2.01. The van der Waals surface area contributed by atoms with Crippen LogP contribution in [0.5, 0.6) is 0 Å². The van der Waals surface area contributed by atoms with Gasteiger partial charge in [0.25, 0.3) is 0 Å². The molecule has 0 spiro atoms. The van der Waals surface area contributed by atoms with Crippen LogP contribution in [0, 0.1) is 5.92 Å². The number of esters is 1. The fraction of sp³-hybridized carbons (Fsp3) is 0.545. The smallest absolute Gasteiger partial charge is 0.302 e. The van der Waals surface area contributed by atoms with E-state index in [0.29, 0.717) is 12.5 Å². The molecular formula is C11H18O2. The maximum Gasteiger partial charge on any atom is 0.302 e. The molecule has 0 radical (unpaired) electrons. The normalized spacial score (nSPS) is 11.8. The van der Waals surface area contributed by atoms with Crippen LogP contribution < -0.4 is 0 Å². The predicted octanol–water partition coefficient (Wildman–Crippen LogP) is 2.71. The van der Waals surface area contributed by atoms with Crippen LogP contribution in [0.1, 0.15) is 26.7 Å². The molecule has 0 aliphatic rings.